The van der Waals surface area contributed by atoms with Gasteiger partial charge in [0.15, 0.2) is 11.6 Å². The molecule has 0 spiro atoms. The molecule has 0 radical (unpaired) electrons. The standard InChI is InChI=1S/C54H59ClF7N9O4/c1-28(70-17-12-31(13-18-70)38-24-39-41(25-44(38)55)52(73)68(4)66-49(39)65-30(3)36-9-7-11-43(47(36)57)54(60,61)62)22-34-23-33(16-21-75-34)51(72)71-19-14-32(15-20-71)45-26-40-42(27-63-45)53(74)69(5)67-50(40)64-29(2)35-8-6-10-37(46(35)56)48(58)59/h6-11,24-34,48H,12-23H2,1-5H3,(H,64,67)(H,65,66)/t28?,29-,30-,33?,34?/m1/s1. The third kappa shape index (κ3) is 11.1. The van der Waals surface area contributed by atoms with Crippen LogP contribution in [0.4, 0.5) is 42.4 Å². The van der Waals surface area contributed by atoms with Crippen LogP contribution in [0.1, 0.15) is 130 Å². The predicted octanol–water partition coefficient (Wildman–Crippen LogP) is 11.0. The van der Waals surface area contributed by atoms with Crippen molar-refractivity contribution in [1.82, 2.24) is 34.3 Å². The Balaban J connectivity index is 0.799. The van der Waals surface area contributed by atoms with E-state index in [1.807, 2.05) is 11.0 Å². The molecule has 1 amide bonds. The number of piperidine rings is 2. The Morgan fingerprint density at radius 3 is 1.96 bits per heavy atom. The number of nitrogens with one attached hydrogen (secondary N) is 2. The molecule has 5 atom stereocenters. The number of rotatable bonds is 13. The lowest BCUT2D eigenvalue weighted by molar-refractivity contribution is -0.142. The number of carbonyl (C=O) groups excluding carboxylic acids is 1. The molecule has 9 rings (SSSR count). The van der Waals surface area contributed by atoms with Gasteiger partial charge in [0.1, 0.15) is 11.6 Å². The number of anilines is 2. The van der Waals surface area contributed by atoms with Gasteiger partial charge in [-0.1, -0.05) is 41.9 Å². The molecule has 0 aliphatic carbocycles. The summed E-state index contributed by atoms with van der Waals surface area (Å²) >= 11 is 6.88. The van der Waals surface area contributed by atoms with E-state index in [9.17, 15) is 36.3 Å². The highest BCUT2D eigenvalue weighted by Crippen LogP contribution is 2.40. The molecule has 6 heterocycles. The van der Waals surface area contributed by atoms with Gasteiger partial charge in [0.25, 0.3) is 17.5 Å². The largest absolute Gasteiger partial charge is 0.419 e. The Morgan fingerprint density at radius 2 is 1.33 bits per heavy atom. The quantitative estimate of drug-likeness (QED) is 0.107. The second-order valence-electron chi connectivity index (χ2n) is 20.3. The normalized spacial score (nSPS) is 19.7. The van der Waals surface area contributed by atoms with Gasteiger partial charge in [0.2, 0.25) is 5.91 Å². The number of hydrogen-bond donors (Lipinski definition) is 2. The molecule has 21 heteroatoms. The van der Waals surface area contributed by atoms with Crippen molar-refractivity contribution in [3.8, 4) is 0 Å². The molecule has 400 valence electrons. The lowest BCUT2D eigenvalue weighted by atomic mass is 9.86. The van der Waals surface area contributed by atoms with Gasteiger partial charge in [0.05, 0.1) is 40.1 Å². The maximum Gasteiger partial charge on any atom is 0.419 e. The highest BCUT2D eigenvalue weighted by atomic mass is 35.5. The summed E-state index contributed by atoms with van der Waals surface area (Å²) in [4.78, 5) is 49.5. The van der Waals surface area contributed by atoms with Crippen LogP contribution in [0.25, 0.3) is 21.5 Å². The summed E-state index contributed by atoms with van der Waals surface area (Å²) in [6.45, 7) is 8.36. The SMILES string of the molecule is CC(CC1CC(C(=O)N2CCC(c3cc4c(N[C@H](C)c5cccc(C(F)F)c5F)nn(C)c(=O)c4cn3)CC2)CCO1)N1CCC(c2cc3c(N[C@H](C)c4cccc(C(F)(F)F)c4F)nn(C)c(=O)c3cc2Cl)CC1. The highest BCUT2D eigenvalue weighted by molar-refractivity contribution is 6.32. The topological polar surface area (TPSA) is 140 Å². The number of alkyl halides is 5. The Morgan fingerprint density at radius 1 is 0.760 bits per heavy atom. The minimum Gasteiger partial charge on any atom is -0.378 e. The predicted molar refractivity (Wildman–Crippen MR) is 272 cm³/mol. The first-order chi connectivity index (χ1) is 35.7. The van der Waals surface area contributed by atoms with Crippen LogP contribution in [-0.4, -0.2) is 85.2 Å². The molecule has 3 fully saturated rings. The lowest BCUT2D eigenvalue weighted by Crippen LogP contribution is -2.45. The van der Waals surface area contributed by atoms with Crippen LogP contribution in [-0.2, 0) is 29.8 Å². The number of aromatic nitrogens is 5. The summed E-state index contributed by atoms with van der Waals surface area (Å²) in [5.74, 6) is -1.96. The van der Waals surface area contributed by atoms with E-state index in [0.29, 0.717) is 72.6 Å². The van der Waals surface area contributed by atoms with E-state index < -0.39 is 53.0 Å². The van der Waals surface area contributed by atoms with Crippen molar-refractivity contribution in [3.05, 3.63) is 132 Å². The minimum absolute atomic E-state index is 0.0136. The highest BCUT2D eigenvalue weighted by Gasteiger charge is 2.37. The summed E-state index contributed by atoms with van der Waals surface area (Å²) in [7, 11) is 2.94. The van der Waals surface area contributed by atoms with E-state index in [2.05, 4.69) is 37.6 Å². The number of pyridine rings is 1. The fraction of sp³-hybridized carbons (Fsp3) is 0.481. The maximum absolute atomic E-state index is 15.2. The van der Waals surface area contributed by atoms with E-state index in [-0.39, 0.29) is 69.5 Å². The molecule has 3 saturated heterocycles. The van der Waals surface area contributed by atoms with E-state index in [1.165, 1.54) is 45.4 Å². The number of carbonyl (C=O) groups is 1. The second-order valence-corrected chi connectivity index (χ2v) is 20.7. The summed E-state index contributed by atoms with van der Waals surface area (Å²) in [6.07, 6.45) is -1.68. The number of hydrogen-bond acceptors (Lipinski definition) is 10. The molecule has 3 aromatic heterocycles. The molecule has 75 heavy (non-hydrogen) atoms. The lowest BCUT2D eigenvalue weighted by Gasteiger charge is -2.40. The van der Waals surface area contributed by atoms with Crippen molar-refractivity contribution in [1.29, 1.82) is 0 Å². The van der Waals surface area contributed by atoms with Crippen LogP contribution in [0.15, 0.2) is 70.4 Å². The van der Waals surface area contributed by atoms with E-state index >= 15 is 8.78 Å². The van der Waals surface area contributed by atoms with Crippen molar-refractivity contribution in [2.45, 2.75) is 114 Å². The molecule has 0 bridgehead atoms. The van der Waals surface area contributed by atoms with Crippen LogP contribution in [0.5, 0.6) is 0 Å². The van der Waals surface area contributed by atoms with Crippen LogP contribution in [0.2, 0.25) is 5.02 Å². The van der Waals surface area contributed by atoms with Crippen molar-refractivity contribution < 1.29 is 40.3 Å². The van der Waals surface area contributed by atoms with Gasteiger partial charge in [-0.15, -0.1) is 0 Å². The zero-order chi connectivity index (χ0) is 53.6. The molecule has 13 nitrogen and oxygen atoms in total. The number of nitrogens with zero attached hydrogens (tertiary/aromatic N) is 7. The Hall–Kier alpha value is -6.12. The zero-order valence-corrected chi connectivity index (χ0v) is 42.9. The Bertz CT molecular complexity index is 3230. The molecular weight excluding hydrogens is 1010 g/mol. The number of fused-ring (bicyclic) bond motifs is 2. The van der Waals surface area contributed by atoms with Gasteiger partial charge in [-0.05, 0) is 115 Å². The van der Waals surface area contributed by atoms with Crippen LogP contribution in [0, 0.1) is 17.6 Å². The average Bonchev–Trinajstić information content (AvgIpc) is 3.39. The van der Waals surface area contributed by atoms with E-state index in [4.69, 9.17) is 16.3 Å². The van der Waals surface area contributed by atoms with E-state index in [0.717, 1.165) is 65.1 Å². The smallest absolute Gasteiger partial charge is 0.378 e. The van der Waals surface area contributed by atoms with Gasteiger partial charge in [-0.25, -0.2) is 26.9 Å². The summed E-state index contributed by atoms with van der Waals surface area (Å²) in [6, 6.07) is 10.6. The molecule has 0 saturated carbocycles. The number of benzene rings is 3. The van der Waals surface area contributed by atoms with Crippen LogP contribution >= 0.6 is 11.6 Å². The summed E-state index contributed by atoms with van der Waals surface area (Å²) in [5, 5.41) is 16.9. The van der Waals surface area contributed by atoms with Crippen molar-refractivity contribution >= 4 is 50.7 Å². The minimum atomic E-state index is -4.87. The second kappa shape index (κ2) is 21.9. The molecular formula is C54H59ClF7N9O4. The first kappa shape index (κ1) is 53.7. The Kier molecular flexibility index (Phi) is 15.6. The third-order valence-electron chi connectivity index (χ3n) is 15.5. The molecule has 2 N–H and O–H groups in total. The van der Waals surface area contributed by atoms with Gasteiger partial charge >= 0.3 is 6.18 Å². The van der Waals surface area contributed by atoms with Crippen LogP contribution in [0.3, 0.4) is 0 Å². The first-order valence-electron chi connectivity index (χ1n) is 25.3. The van der Waals surface area contributed by atoms with E-state index in [1.54, 1.807) is 19.1 Å². The molecule has 3 aliphatic heterocycles. The molecule has 3 aromatic carbocycles. The molecule has 3 unspecified atom stereocenters. The van der Waals surface area contributed by atoms with Crippen molar-refractivity contribution in [3.63, 3.8) is 0 Å². The third-order valence-corrected chi connectivity index (χ3v) is 15.9. The summed E-state index contributed by atoms with van der Waals surface area (Å²) in [5.41, 5.74) is -1.47. The van der Waals surface area contributed by atoms with Gasteiger partial charge < -0.3 is 25.2 Å². The van der Waals surface area contributed by atoms with Gasteiger partial charge in [0, 0.05) is 90.5 Å². The average molecular weight is 1070 g/mol. The first-order valence-corrected chi connectivity index (χ1v) is 25.7. The Labute approximate surface area is 433 Å². The molecule has 6 aromatic rings. The maximum atomic E-state index is 15.2. The van der Waals surface area contributed by atoms with Crippen LogP contribution < -0.4 is 21.8 Å². The fourth-order valence-electron chi connectivity index (χ4n) is 11.2. The number of likely N-dealkylation sites (tertiary alicyclic amines) is 2. The fourth-order valence-corrected chi connectivity index (χ4v) is 11.6. The number of aryl methyl sites for hydroxylation is 2. The van der Waals surface area contributed by atoms with Gasteiger partial charge in [-0.3, -0.25) is 19.4 Å². The number of amides is 1. The van der Waals surface area contributed by atoms with Crippen molar-refractivity contribution in [2.75, 3.05) is 43.4 Å². The monoisotopic (exact) mass is 1070 g/mol. The number of halogens is 8. The van der Waals surface area contributed by atoms with Gasteiger partial charge in [-0.2, -0.15) is 23.4 Å². The zero-order valence-electron chi connectivity index (χ0n) is 42.2. The summed E-state index contributed by atoms with van der Waals surface area (Å²) < 4.78 is 106. The molecule has 3 aliphatic rings. The van der Waals surface area contributed by atoms with Crippen molar-refractivity contribution in [2.24, 2.45) is 20.0 Å². The number of ether oxygens (including phenoxy) is 1.